The molecule has 0 aliphatic carbocycles. The number of anilines is 1. The van der Waals surface area contributed by atoms with E-state index in [0.717, 1.165) is 16.2 Å². The van der Waals surface area contributed by atoms with E-state index in [1.165, 1.54) is 18.4 Å². The van der Waals surface area contributed by atoms with Crippen molar-refractivity contribution in [2.75, 3.05) is 19.5 Å². The first-order chi connectivity index (χ1) is 9.65. The maximum Gasteiger partial charge on any atom is 0.357 e. The molecule has 0 aliphatic heterocycles. The Labute approximate surface area is 121 Å². The number of esters is 1. The average Bonchev–Trinajstić information content (AvgIpc) is 2.85. The molecule has 0 spiro atoms. The molecular weight excluding hydrogens is 276 g/mol. The van der Waals surface area contributed by atoms with Gasteiger partial charge in [0, 0.05) is 17.0 Å². The summed E-state index contributed by atoms with van der Waals surface area (Å²) in [5.41, 5.74) is 1.39. The normalized spacial score (nSPS) is 10.2. The number of methoxy groups -OCH3 is 2. The van der Waals surface area contributed by atoms with Gasteiger partial charge in [0.1, 0.15) is 5.75 Å². The number of thiazole rings is 1. The Morgan fingerprint density at radius 2 is 2.10 bits per heavy atom. The maximum atomic E-state index is 11.5. The summed E-state index contributed by atoms with van der Waals surface area (Å²) in [6, 6.07) is 7.76. The van der Waals surface area contributed by atoms with Gasteiger partial charge in [0.15, 0.2) is 10.8 Å². The summed E-state index contributed by atoms with van der Waals surface area (Å²) in [5.74, 6) is 0.408. The van der Waals surface area contributed by atoms with E-state index in [4.69, 9.17) is 4.74 Å². The number of hydrogen-bond donors (Lipinski definition) is 1. The van der Waals surface area contributed by atoms with Gasteiger partial charge in [0.05, 0.1) is 14.2 Å². The lowest BCUT2D eigenvalue weighted by Crippen LogP contribution is -2.05. The minimum atomic E-state index is -0.413. The monoisotopic (exact) mass is 292 g/mol. The fourth-order valence-corrected chi connectivity index (χ4v) is 2.57. The number of aromatic nitrogens is 1. The average molecular weight is 292 g/mol. The second kappa shape index (κ2) is 6.38. The van der Waals surface area contributed by atoms with Gasteiger partial charge in [0.2, 0.25) is 0 Å². The molecule has 0 fully saturated rings. The molecule has 6 heteroatoms. The van der Waals surface area contributed by atoms with Crippen LogP contribution in [0.5, 0.6) is 5.75 Å². The number of aryl methyl sites for hydroxylation is 1. The summed E-state index contributed by atoms with van der Waals surface area (Å²) < 4.78 is 9.97. The first kappa shape index (κ1) is 14.3. The third kappa shape index (κ3) is 3.08. The van der Waals surface area contributed by atoms with E-state index in [1.807, 2.05) is 31.2 Å². The molecule has 20 heavy (non-hydrogen) atoms. The highest BCUT2D eigenvalue weighted by Gasteiger charge is 2.15. The standard InChI is InChI=1S/C14H16N2O3S/c1-9-12(13(17)19-3)16-14(20-9)15-8-10-6-4-5-7-11(10)18-2/h4-7H,8H2,1-3H3,(H,15,16). The molecule has 106 valence electrons. The SMILES string of the molecule is COC(=O)c1nc(NCc2ccccc2OC)sc1C. The van der Waals surface area contributed by atoms with Crippen molar-refractivity contribution in [3.05, 3.63) is 40.4 Å². The molecule has 0 atom stereocenters. The fraction of sp³-hybridized carbons (Fsp3) is 0.286. The predicted octanol–water partition coefficient (Wildman–Crippen LogP) is 2.86. The first-order valence-electron chi connectivity index (χ1n) is 6.07. The largest absolute Gasteiger partial charge is 0.496 e. The van der Waals surface area contributed by atoms with Gasteiger partial charge in [0.25, 0.3) is 0 Å². The number of para-hydroxylation sites is 1. The zero-order valence-corrected chi connectivity index (χ0v) is 12.4. The minimum Gasteiger partial charge on any atom is -0.496 e. The topological polar surface area (TPSA) is 60.5 Å². The molecule has 1 aromatic heterocycles. The Morgan fingerprint density at radius 3 is 2.80 bits per heavy atom. The Morgan fingerprint density at radius 1 is 1.35 bits per heavy atom. The highest BCUT2D eigenvalue weighted by Crippen LogP contribution is 2.24. The summed E-state index contributed by atoms with van der Waals surface area (Å²) in [5, 5.41) is 3.88. The van der Waals surface area contributed by atoms with E-state index in [9.17, 15) is 4.79 Å². The quantitative estimate of drug-likeness (QED) is 0.859. The third-order valence-electron chi connectivity index (χ3n) is 2.80. The van der Waals surface area contributed by atoms with E-state index in [0.29, 0.717) is 17.4 Å². The smallest absolute Gasteiger partial charge is 0.357 e. The molecule has 0 unspecified atom stereocenters. The highest BCUT2D eigenvalue weighted by atomic mass is 32.1. The fourth-order valence-electron chi connectivity index (χ4n) is 1.78. The molecular formula is C14H16N2O3S. The molecule has 2 aromatic rings. The van der Waals surface area contributed by atoms with Gasteiger partial charge in [-0.15, -0.1) is 11.3 Å². The third-order valence-corrected chi connectivity index (χ3v) is 3.73. The van der Waals surface area contributed by atoms with Crippen LogP contribution in [0.2, 0.25) is 0 Å². The van der Waals surface area contributed by atoms with Gasteiger partial charge in [-0.2, -0.15) is 0 Å². The van der Waals surface area contributed by atoms with Crippen LogP contribution in [-0.4, -0.2) is 25.2 Å². The second-order valence-electron chi connectivity index (χ2n) is 4.08. The molecule has 2 rings (SSSR count). The zero-order chi connectivity index (χ0) is 14.5. The van der Waals surface area contributed by atoms with E-state index in [1.54, 1.807) is 7.11 Å². The Hall–Kier alpha value is -2.08. The van der Waals surface area contributed by atoms with Crippen LogP contribution in [0.3, 0.4) is 0 Å². The molecule has 0 aliphatic rings. The second-order valence-corrected chi connectivity index (χ2v) is 5.28. The van der Waals surface area contributed by atoms with Gasteiger partial charge < -0.3 is 14.8 Å². The van der Waals surface area contributed by atoms with E-state index < -0.39 is 5.97 Å². The molecule has 0 amide bonds. The van der Waals surface area contributed by atoms with Crippen LogP contribution in [0.15, 0.2) is 24.3 Å². The van der Waals surface area contributed by atoms with Gasteiger partial charge in [-0.3, -0.25) is 0 Å². The lowest BCUT2D eigenvalue weighted by atomic mass is 10.2. The van der Waals surface area contributed by atoms with Gasteiger partial charge in [-0.05, 0) is 13.0 Å². The number of carbonyl (C=O) groups is 1. The van der Waals surface area contributed by atoms with Gasteiger partial charge in [-0.1, -0.05) is 18.2 Å². The Kier molecular flexibility index (Phi) is 4.57. The number of nitrogens with one attached hydrogen (secondary N) is 1. The number of hydrogen-bond acceptors (Lipinski definition) is 6. The van der Waals surface area contributed by atoms with Crippen molar-refractivity contribution >= 4 is 22.4 Å². The molecule has 0 radical (unpaired) electrons. The summed E-state index contributed by atoms with van der Waals surface area (Å²) in [7, 11) is 2.99. The number of nitrogens with zero attached hydrogens (tertiary/aromatic N) is 1. The first-order valence-corrected chi connectivity index (χ1v) is 6.89. The maximum absolute atomic E-state index is 11.5. The summed E-state index contributed by atoms with van der Waals surface area (Å²) in [6.45, 7) is 2.43. The lowest BCUT2D eigenvalue weighted by molar-refractivity contribution is 0.0594. The summed E-state index contributed by atoms with van der Waals surface area (Å²) >= 11 is 1.43. The van der Waals surface area contributed by atoms with Gasteiger partial charge in [-0.25, -0.2) is 9.78 Å². The minimum absolute atomic E-state index is 0.361. The van der Waals surface area contributed by atoms with Crippen LogP contribution < -0.4 is 10.1 Å². The molecule has 0 saturated carbocycles. The molecule has 1 aromatic carbocycles. The van der Waals surface area contributed by atoms with E-state index in [2.05, 4.69) is 15.0 Å². The van der Waals surface area contributed by atoms with Crippen molar-refractivity contribution in [2.45, 2.75) is 13.5 Å². The predicted molar refractivity (Wildman–Crippen MR) is 78.5 cm³/mol. The van der Waals surface area contributed by atoms with Crippen LogP contribution >= 0.6 is 11.3 Å². The molecule has 1 N–H and O–H groups in total. The number of rotatable bonds is 5. The number of benzene rings is 1. The summed E-state index contributed by atoms with van der Waals surface area (Å²) in [4.78, 5) is 16.6. The van der Waals surface area contributed by atoms with Crippen LogP contribution in [0.1, 0.15) is 20.9 Å². The van der Waals surface area contributed by atoms with E-state index in [-0.39, 0.29) is 0 Å². The Balaban J connectivity index is 2.10. The molecule has 5 nitrogen and oxygen atoms in total. The van der Waals surface area contributed by atoms with E-state index >= 15 is 0 Å². The molecule has 0 bridgehead atoms. The lowest BCUT2D eigenvalue weighted by Gasteiger charge is -2.08. The van der Waals surface area contributed by atoms with Crippen molar-refractivity contribution in [1.29, 1.82) is 0 Å². The molecule has 0 saturated heterocycles. The number of carbonyl (C=O) groups excluding carboxylic acids is 1. The van der Waals surface area contributed by atoms with Crippen LogP contribution in [0.25, 0.3) is 0 Å². The van der Waals surface area contributed by atoms with Crippen LogP contribution in [0, 0.1) is 6.92 Å². The number of ether oxygens (including phenoxy) is 2. The van der Waals surface area contributed by atoms with Crippen molar-refractivity contribution in [3.8, 4) is 5.75 Å². The highest BCUT2D eigenvalue weighted by molar-refractivity contribution is 7.15. The van der Waals surface area contributed by atoms with Crippen LogP contribution in [-0.2, 0) is 11.3 Å². The van der Waals surface area contributed by atoms with Crippen LogP contribution in [0.4, 0.5) is 5.13 Å². The van der Waals surface area contributed by atoms with Crippen molar-refractivity contribution in [1.82, 2.24) is 4.98 Å². The van der Waals surface area contributed by atoms with Crippen molar-refractivity contribution < 1.29 is 14.3 Å². The Bertz CT molecular complexity index is 610. The van der Waals surface area contributed by atoms with Crippen molar-refractivity contribution in [3.63, 3.8) is 0 Å². The molecule has 1 heterocycles. The summed E-state index contributed by atoms with van der Waals surface area (Å²) in [6.07, 6.45) is 0. The van der Waals surface area contributed by atoms with Crippen molar-refractivity contribution in [2.24, 2.45) is 0 Å². The zero-order valence-electron chi connectivity index (χ0n) is 11.6. The van der Waals surface area contributed by atoms with Gasteiger partial charge >= 0.3 is 5.97 Å².